The predicted molar refractivity (Wildman–Crippen MR) is 60.1 cm³/mol. The van der Waals surface area contributed by atoms with Crippen LogP contribution in [-0.4, -0.2) is 0 Å². The molecular weight excluding hydrogens is 170 g/mol. The van der Waals surface area contributed by atoms with Gasteiger partial charge in [0.05, 0.1) is 0 Å². The van der Waals surface area contributed by atoms with Crippen LogP contribution in [0.15, 0.2) is 24.3 Å². The van der Waals surface area contributed by atoms with Gasteiger partial charge in [-0.15, -0.1) is 0 Å². The predicted octanol–water partition coefficient (Wildman–Crippen LogP) is 3.05. The maximum Gasteiger partial charge on any atom is 0.0326 e. The van der Waals surface area contributed by atoms with Crippen molar-refractivity contribution in [2.45, 2.75) is 38.6 Å². The summed E-state index contributed by atoms with van der Waals surface area (Å²) < 4.78 is 0. The molecule has 0 heterocycles. The number of hydrogen-bond acceptors (Lipinski definition) is 1. The molecule has 1 nitrogen and oxygen atoms in total. The van der Waals surface area contributed by atoms with Crippen molar-refractivity contribution >= 4 is 0 Å². The third kappa shape index (κ3) is 1.69. The van der Waals surface area contributed by atoms with Gasteiger partial charge in [-0.1, -0.05) is 37.6 Å². The van der Waals surface area contributed by atoms with Gasteiger partial charge in [-0.3, -0.25) is 0 Å². The summed E-state index contributed by atoms with van der Waals surface area (Å²) in [5, 5.41) is 0. The average Bonchev–Trinajstić information content (AvgIpc) is 2.15. The molecule has 1 saturated carbocycles. The first-order valence-corrected chi connectivity index (χ1v) is 5.66. The van der Waals surface area contributed by atoms with Crippen LogP contribution in [0.4, 0.5) is 0 Å². The zero-order valence-corrected chi connectivity index (χ0v) is 8.87. The molecular formula is C13H19N. The van der Waals surface area contributed by atoms with Gasteiger partial charge >= 0.3 is 0 Å². The van der Waals surface area contributed by atoms with Crippen LogP contribution in [0, 0.1) is 5.92 Å². The monoisotopic (exact) mass is 189 g/mol. The van der Waals surface area contributed by atoms with Gasteiger partial charge in [0.15, 0.2) is 0 Å². The van der Waals surface area contributed by atoms with E-state index in [-0.39, 0.29) is 6.04 Å². The van der Waals surface area contributed by atoms with Crippen LogP contribution in [0.5, 0.6) is 0 Å². The number of rotatable bonds is 3. The molecule has 0 saturated heterocycles. The SMILES string of the molecule is CCc1ccccc1[C@H](N)C1CCC1. The molecule has 2 rings (SSSR count). The van der Waals surface area contributed by atoms with Crippen molar-refractivity contribution < 1.29 is 0 Å². The minimum Gasteiger partial charge on any atom is -0.324 e. The van der Waals surface area contributed by atoms with Gasteiger partial charge in [-0.2, -0.15) is 0 Å². The number of benzene rings is 1. The van der Waals surface area contributed by atoms with Crippen molar-refractivity contribution in [2.24, 2.45) is 11.7 Å². The molecule has 1 aromatic rings. The topological polar surface area (TPSA) is 26.0 Å². The maximum absolute atomic E-state index is 6.28. The van der Waals surface area contributed by atoms with Gasteiger partial charge in [0.2, 0.25) is 0 Å². The van der Waals surface area contributed by atoms with Gasteiger partial charge in [-0.05, 0) is 36.3 Å². The highest BCUT2D eigenvalue weighted by Gasteiger charge is 2.26. The Morgan fingerprint density at radius 1 is 1.36 bits per heavy atom. The Balaban J connectivity index is 2.20. The molecule has 0 aliphatic heterocycles. The number of hydrogen-bond donors (Lipinski definition) is 1. The van der Waals surface area contributed by atoms with Crippen molar-refractivity contribution in [1.82, 2.24) is 0 Å². The standard InChI is InChI=1S/C13H19N/c1-2-10-6-3-4-9-12(10)13(14)11-7-5-8-11/h3-4,6,9,11,13H,2,5,7-8,14H2,1H3/t13-/m1/s1. The Labute approximate surface area is 86.3 Å². The lowest BCUT2D eigenvalue weighted by molar-refractivity contribution is 0.263. The summed E-state index contributed by atoms with van der Waals surface area (Å²) in [7, 11) is 0. The average molecular weight is 189 g/mol. The van der Waals surface area contributed by atoms with Crippen molar-refractivity contribution in [3.63, 3.8) is 0 Å². The van der Waals surface area contributed by atoms with E-state index in [4.69, 9.17) is 5.73 Å². The van der Waals surface area contributed by atoms with E-state index in [1.54, 1.807) is 0 Å². The fraction of sp³-hybridized carbons (Fsp3) is 0.538. The van der Waals surface area contributed by atoms with Crippen LogP contribution in [0.3, 0.4) is 0 Å². The van der Waals surface area contributed by atoms with Crippen LogP contribution < -0.4 is 5.73 Å². The summed E-state index contributed by atoms with van der Waals surface area (Å²) >= 11 is 0. The Bertz CT molecular complexity index is 302. The van der Waals surface area contributed by atoms with Crippen molar-refractivity contribution in [2.75, 3.05) is 0 Å². The third-order valence-electron chi connectivity index (χ3n) is 3.45. The van der Waals surface area contributed by atoms with E-state index >= 15 is 0 Å². The van der Waals surface area contributed by atoms with Gasteiger partial charge in [0, 0.05) is 6.04 Å². The molecule has 1 aliphatic carbocycles. The number of nitrogens with two attached hydrogens (primary N) is 1. The second-order valence-electron chi connectivity index (χ2n) is 4.27. The highest BCUT2D eigenvalue weighted by Crippen LogP contribution is 2.37. The molecule has 1 heteroatoms. The molecule has 0 radical (unpaired) electrons. The summed E-state index contributed by atoms with van der Waals surface area (Å²) in [6.45, 7) is 2.20. The summed E-state index contributed by atoms with van der Waals surface area (Å²) in [6, 6.07) is 8.89. The highest BCUT2D eigenvalue weighted by atomic mass is 14.7. The van der Waals surface area contributed by atoms with Gasteiger partial charge in [0.25, 0.3) is 0 Å². The molecule has 0 amide bonds. The fourth-order valence-corrected chi connectivity index (χ4v) is 2.23. The zero-order valence-electron chi connectivity index (χ0n) is 8.87. The van der Waals surface area contributed by atoms with E-state index in [2.05, 4.69) is 31.2 Å². The lowest BCUT2D eigenvalue weighted by Gasteiger charge is -2.32. The van der Waals surface area contributed by atoms with E-state index < -0.39 is 0 Å². The summed E-state index contributed by atoms with van der Waals surface area (Å²) in [6.07, 6.45) is 5.10. The fourth-order valence-electron chi connectivity index (χ4n) is 2.23. The van der Waals surface area contributed by atoms with Crippen molar-refractivity contribution in [3.05, 3.63) is 35.4 Å². The molecule has 0 aromatic heterocycles. The second-order valence-corrected chi connectivity index (χ2v) is 4.27. The molecule has 1 aliphatic rings. The highest BCUT2D eigenvalue weighted by molar-refractivity contribution is 5.30. The molecule has 1 aromatic carbocycles. The van der Waals surface area contributed by atoms with Crippen LogP contribution in [0.2, 0.25) is 0 Å². The molecule has 0 bridgehead atoms. The molecule has 2 N–H and O–H groups in total. The van der Waals surface area contributed by atoms with Crippen LogP contribution in [0.25, 0.3) is 0 Å². The summed E-state index contributed by atoms with van der Waals surface area (Å²) in [4.78, 5) is 0. The molecule has 1 fully saturated rings. The molecule has 14 heavy (non-hydrogen) atoms. The van der Waals surface area contributed by atoms with Crippen molar-refractivity contribution in [3.8, 4) is 0 Å². The maximum atomic E-state index is 6.28. The molecule has 76 valence electrons. The smallest absolute Gasteiger partial charge is 0.0326 e. The second kappa shape index (κ2) is 4.14. The lowest BCUT2D eigenvalue weighted by atomic mass is 9.76. The zero-order chi connectivity index (χ0) is 9.97. The first-order chi connectivity index (χ1) is 6.83. The summed E-state index contributed by atoms with van der Waals surface area (Å²) in [5.74, 6) is 0.739. The molecule has 0 unspecified atom stereocenters. The van der Waals surface area contributed by atoms with Crippen LogP contribution in [-0.2, 0) is 6.42 Å². The quantitative estimate of drug-likeness (QED) is 0.777. The molecule has 0 spiro atoms. The van der Waals surface area contributed by atoms with E-state index in [0.29, 0.717) is 0 Å². The lowest BCUT2D eigenvalue weighted by Crippen LogP contribution is -2.27. The Hall–Kier alpha value is -0.820. The van der Waals surface area contributed by atoms with Gasteiger partial charge in [-0.25, -0.2) is 0 Å². The Morgan fingerprint density at radius 2 is 2.07 bits per heavy atom. The largest absolute Gasteiger partial charge is 0.324 e. The van der Waals surface area contributed by atoms with E-state index in [1.165, 1.54) is 30.4 Å². The minimum atomic E-state index is 0.278. The van der Waals surface area contributed by atoms with Crippen LogP contribution >= 0.6 is 0 Å². The van der Waals surface area contributed by atoms with E-state index in [9.17, 15) is 0 Å². The molecule has 1 atom stereocenters. The Morgan fingerprint density at radius 3 is 2.64 bits per heavy atom. The first-order valence-electron chi connectivity index (χ1n) is 5.66. The van der Waals surface area contributed by atoms with Crippen molar-refractivity contribution in [1.29, 1.82) is 0 Å². The normalized spacial score (nSPS) is 19.0. The minimum absolute atomic E-state index is 0.278. The number of aryl methyl sites for hydroxylation is 1. The van der Waals surface area contributed by atoms with Gasteiger partial charge < -0.3 is 5.73 Å². The van der Waals surface area contributed by atoms with E-state index in [0.717, 1.165) is 12.3 Å². The summed E-state index contributed by atoms with van der Waals surface area (Å²) in [5.41, 5.74) is 9.07. The van der Waals surface area contributed by atoms with Gasteiger partial charge in [0.1, 0.15) is 0 Å². The third-order valence-corrected chi connectivity index (χ3v) is 3.45. The Kier molecular flexibility index (Phi) is 2.87. The van der Waals surface area contributed by atoms with Crippen LogP contribution in [0.1, 0.15) is 43.4 Å². The van der Waals surface area contributed by atoms with E-state index in [1.807, 2.05) is 0 Å². The first kappa shape index (κ1) is 9.72.